The second-order valence-electron chi connectivity index (χ2n) is 4.12. The van der Waals surface area contributed by atoms with Crippen LogP contribution in [0.3, 0.4) is 0 Å². The molecule has 1 aromatic heterocycles. The summed E-state index contributed by atoms with van der Waals surface area (Å²) in [4.78, 5) is 16.2. The quantitative estimate of drug-likeness (QED) is 0.841. The van der Waals surface area contributed by atoms with Crippen LogP contribution in [0.1, 0.15) is 10.4 Å². The van der Waals surface area contributed by atoms with Crippen LogP contribution in [0.2, 0.25) is 10.2 Å². The Morgan fingerprint density at radius 3 is 2.67 bits per heavy atom. The van der Waals surface area contributed by atoms with Gasteiger partial charge in [-0.25, -0.2) is 4.98 Å². The van der Waals surface area contributed by atoms with Gasteiger partial charge < -0.3 is 15.4 Å². The molecule has 7 heteroatoms. The topological polar surface area (TPSA) is 63.2 Å². The molecule has 5 nitrogen and oxygen atoms in total. The van der Waals surface area contributed by atoms with Crippen molar-refractivity contribution in [3.8, 4) is 5.75 Å². The molecule has 0 fully saturated rings. The molecule has 2 rings (SSSR count). The minimum atomic E-state index is -0.305. The predicted molar refractivity (Wildman–Crippen MR) is 84.8 cm³/mol. The zero-order chi connectivity index (χ0) is 15.4. The fourth-order valence-corrected chi connectivity index (χ4v) is 2.10. The van der Waals surface area contributed by atoms with Crippen molar-refractivity contribution >= 4 is 40.6 Å². The molecule has 0 saturated carbocycles. The Bertz CT molecular complexity index is 677. The maximum absolute atomic E-state index is 12.2. The molecule has 0 aliphatic carbocycles. The number of ether oxygens (including phenoxy) is 1. The molecule has 2 aromatic rings. The van der Waals surface area contributed by atoms with E-state index in [2.05, 4.69) is 15.6 Å². The number of hydrogen-bond donors (Lipinski definition) is 2. The van der Waals surface area contributed by atoms with Gasteiger partial charge in [-0.3, -0.25) is 4.79 Å². The summed E-state index contributed by atoms with van der Waals surface area (Å²) in [5.74, 6) is 0.694. The van der Waals surface area contributed by atoms with Crippen molar-refractivity contribution in [3.05, 3.63) is 46.1 Å². The van der Waals surface area contributed by atoms with Gasteiger partial charge in [0.15, 0.2) is 0 Å². The van der Waals surface area contributed by atoms with Crippen molar-refractivity contribution in [2.45, 2.75) is 0 Å². The van der Waals surface area contributed by atoms with E-state index >= 15 is 0 Å². The van der Waals surface area contributed by atoms with Gasteiger partial charge in [0.1, 0.15) is 16.7 Å². The smallest absolute Gasteiger partial charge is 0.255 e. The number of anilines is 2. The van der Waals surface area contributed by atoms with Crippen LogP contribution in [0.4, 0.5) is 11.5 Å². The first kappa shape index (κ1) is 15.4. The Kier molecular flexibility index (Phi) is 4.88. The maximum atomic E-state index is 12.2. The average Bonchev–Trinajstić information content (AvgIpc) is 2.48. The molecule has 0 saturated heterocycles. The van der Waals surface area contributed by atoms with Gasteiger partial charge in [-0.05, 0) is 24.3 Å². The molecule has 110 valence electrons. The highest BCUT2D eigenvalue weighted by molar-refractivity contribution is 6.32. The van der Waals surface area contributed by atoms with Gasteiger partial charge in [-0.2, -0.15) is 0 Å². The first-order chi connectivity index (χ1) is 10.0. The Morgan fingerprint density at radius 2 is 2.00 bits per heavy atom. The second-order valence-corrected chi connectivity index (χ2v) is 4.91. The van der Waals surface area contributed by atoms with Crippen molar-refractivity contribution in [1.29, 1.82) is 0 Å². The minimum Gasteiger partial charge on any atom is -0.495 e. The highest BCUT2D eigenvalue weighted by Crippen LogP contribution is 2.27. The van der Waals surface area contributed by atoms with Gasteiger partial charge in [0.25, 0.3) is 5.91 Å². The van der Waals surface area contributed by atoms with Crippen molar-refractivity contribution in [2.75, 3.05) is 24.8 Å². The molecule has 0 aliphatic heterocycles. The van der Waals surface area contributed by atoms with Gasteiger partial charge in [-0.1, -0.05) is 23.2 Å². The number of rotatable bonds is 4. The average molecular weight is 326 g/mol. The monoisotopic (exact) mass is 325 g/mol. The van der Waals surface area contributed by atoms with Crippen LogP contribution >= 0.6 is 23.2 Å². The molecule has 0 aliphatic rings. The van der Waals surface area contributed by atoms with Gasteiger partial charge in [0, 0.05) is 24.4 Å². The highest BCUT2D eigenvalue weighted by atomic mass is 35.5. The van der Waals surface area contributed by atoms with Crippen molar-refractivity contribution in [2.24, 2.45) is 0 Å². The van der Waals surface area contributed by atoms with Gasteiger partial charge >= 0.3 is 0 Å². The molecule has 21 heavy (non-hydrogen) atoms. The van der Waals surface area contributed by atoms with E-state index in [0.717, 1.165) is 0 Å². The van der Waals surface area contributed by atoms with E-state index in [1.165, 1.54) is 13.2 Å². The van der Waals surface area contributed by atoms with Crippen molar-refractivity contribution in [1.82, 2.24) is 4.98 Å². The molecular formula is C14H13Cl2N3O2. The van der Waals surface area contributed by atoms with Crippen LogP contribution < -0.4 is 15.4 Å². The summed E-state index contributed by atoms with van der Waals surface area (Å²) in [6.07, 6.45) is 0. The van der Waals surface area contributed by atoms with E-state index in [1.807, 2.05) is 0 Å². The lowest BCUT2D eigenvalue weighted by Crippen LogP contribution is -2.12. The van der Waals surface area contributed by atoms with Crippen LogP contribution in [0.5, 0.6) is 5.75 Å². The Hall–Kier alpha value is -1.98. The highest BCUT2D eigenvalue weighted by Gasteiger charge is 2.10. The summed E-state index contributed by atoms with van der Waals surface area (Å²) in [7, 11) is 3.21. The van der Waals surface area contributed by atoms with Crippen molar-refractivity contribution in [3.63, 3.8) is 0 Å². The molecule has 1 amide bonds. The van der Waals surface area contributed by atoms with Gasteiger partial charge in [-0.15, -0.1) is 0 Å². The van der Waals surface area contributed by atoms with Crippen LogP contribution in [0.25, 0.3) is 0 Å². The molecule has 0 atom stereocenters. The number of amides is 1. The Labute approximate surface area is 132 Å². The Morgan fingerprint density at radius 1 is 1.24 bits per heavy atom. The molecule has 0 spiro atoms. The summed E-state index contributed by atoms with van der Waals surface area (Å²) >= 11 is 11.8. The number of nitrogens with one attached hydrogen (secondary N) is 2. The number of aromatic nitrogens is 1. The third kappa shape index (κ3) is 3.77. The first-order valence-electron chi connectivity index (χ1n) is 6.03. The number of carbonyl (C=O) groups is 1. The zero-order valence-electron chi connectivity index (χ0n) is 11.4. The van der Waals surface area contributed by atoms with Crippen LogP contribution in [-0.2, 0) is 0 Å². The number of nitrogens with zero attached hydrogens (tertiary/aromatic N) is 1. The summed E-state index contributed by atoms with van der Waals surface area (Å²) in [5.41, 5.74) is 0.966. The fourth-order valence-electron chi connectivity index (χ4n) is 1.70. The molecule has 0 bridgehead atoms. The number of benzene rings is 1. The fraction of sp³-hybridized carbons (Fsp3) is 0.143. The summed E-state index contributed by atoms with van der Waals surface area (Å²) in [6, 6.07) is 8.07. The first-order valence-corrected chi connectivity index (χ1v) is 6.79. The second kappa shape index (κ2) is 6.65. The number of carbonyl (C=O) groups excluding carboxylic acids is 1. The molecule has 1 heterocycles. The summed E-state index contributed by atoms with van der Waals surface area (Å²) in [6.45, 7) is 0. The van der Waals surface area contributed by atoms with Crippen LogP contribution in [0.15, 0.2) is 30.3 Å². The van der Waals surface area contributed by atoms with E-state index in [9.17, 15) is 4.79 Å². The lowest BCUT2D eigenvalue weighted by molar-refractivity contribution is 0.102. The Balaban J connectivity index is 2.23. The molecular weight excluding hydrogens is 313 g/mol. The van der Waals surface area contributed by atoms with E-state index in [1.54, 1.807) is 31.3 Å². The maximum Gasteiger partial charge on any atom is 0.255 e. The van der Waals surface area contributed by atoms with E-state index in [-0.39, 0.29) is 11.1 Å². The number of pyridine rings is 1. The van der Waals surface area contributed by atoms with Crippen LogP contribution in [-0.4, -0.2) is 25.0 Å². The molecule has 0 radical (unpaired) electrons. The third-order valence-electron chi connectivity index (χ3n) is 2.72. The lowest BCUT2D eigenvalue weighted by atomic mass is 10.2. The van der Waals surface area contributed by atoms with Crippen molar-refractivity contribution < 1.29 is 9.53 Å². The number of methoxy groups -OCH3 is 1. The largest absolute Gasteiger partial charge is 0.495 e. The minimum absolute atomic E-state index is 0.237. The van der Waals surface area contributed by atoms with Crippen LogP contribution in [0, 0.1) is 0 Å². The summed E-state index contributed by atoms with van der Waals surface area (Å²) in [5, 5.41) is 6.30. The number of hydrogen-bond acceptors (Lipinski definition) is 4. The van der Waals surface area contributed by atoms with Gasteiger partial charge in [0.2, 0.25) is 0 Å². The molecule has 0 unspecified atom stereocenters. The summed E-state index contributed by atoms with van der Waals surface area (Å²) < 4.78 is 5.10. The van der Waals surface area contributed by atoms with E-state index < -0.39 is 0 Å². The van der Waals surface area contributed by atoms with E-state index in [0.29, 0.717) is 27.8 Å². The normalized spacial score (nSPS) is 10.1. The van der Waals surface area contributed by atoms with E-state index in [4.69, 9.17) is 27.9 Å². The standard InChI is InChI=1S/C14H13Cl2N3O2/c1-17-13-6-8(5-12(16)19-13)14(20)18-9-3-4-10(15)11(7-9)21-2/h3-7H,1-2H3,(H,17,19)(H,18,20). The lowest BCUT2D eigenvalue weighted by Gasteiger charge is -2.09. The zero-order valence-corrected chi connectivity index (χ0v) is 12.9. The number of halogens is 2. The SMILES string of the molecule is CNc1cc(C(=O)Nc2ccc(Cl)c(OC)c2)cc(Cl)n1. The predicted octanol–water partition coefficient (Wildman–Crippen LogP) is 3.69. The molecule has 2 N–H and O–H groups in total. The molecule has 1 aromatic carbocycles. The van der Waals surface area contributed by atoms with Gasteiger partial charge in [0.05, 0.1) is 12.1 Å². The third-order valence-corrected chi connectivity index (χ3v) is 3.23.